The minimum Gasteiger partial charge on any atom is -0.324 e. The van der Waals surface area contributed by atoms with Gasteiger partial charge in [-0.25, -0.2) is 21.8 Å². The molecule has 0 saturated carbocycles. The SMILES string of the molecule is Cc1ccc(NC(=O)Cn2ncc(F)c(Cl)c2=O)cc1S(=O)(=O)N(C)C. The van der Waals surface area contributed by atoms with Crippen LogP contribution in [0.15, 0.2) is 34.1 Å². The molecule has 0 fully saturated rings. The van der Waals surface area contributed by atoms with Gasteiger partial charge in [-0.05, 0) is 24.6 Å². The summed E-state index contributed by atoms with van der Waals surface area (Å²) in [6.07, 6.45) is 0.727. The number of rotatable bonds is 5. The van der Waals surface area contributed by atoms with E-state index in [9.17, 15) is 22.4 Å². The Kier molecular flexibility index (Phi) is 5.79. The van der Waals surface area contributed by atoms with Crippen LogP contribution in [-0.2, 0) is 21.4 Å². The third-order valence-corrected chi connectivity index (χ3v) is 5.77. The molecule has 1 N–H and O–H groups in total. The molecule has 1 aromatic carbocycles. The number of nitrogens with zero attached hydrogens (tertiary/aromatic N) is 3. The predicted molar refractivity (Wildman–Crippen MR) is 94.1 cm³/mol. The van der Waals surface area contributed by atoms with Crippen LogP contribution in [0.5, 0.6) is 0 Å². The topological polar surface area (TPSA) is 101 Å². The second-order valence-corrected chi connectivity index (χ2v) is 8.08. The molecular weight excluding hydrogens is 387 g/mol. The highest BCUT2D eigenvalue weighted by Crippen LogP contribution is 2.22. The highest BCUT2D eigenvalue weighted by Gasteiger charge is 2.20. The van der Waals surface area contributed by atoms with E-state index in [-0.39, 0.29) is 10.6 Å². The molecule has 0 atom stereocenters. The number of anilines is 1. The van der Waals surface area contributed by atoms with Crippen molar-refractivity contribution in [3.05, 3.63) is 51.2 Å². The molecule has 0 aliphatic heterocycles. The minimum atomic E-state index is -3.69. The first-order valence-corrected chi connectivity index (χ1v) is 9.10. The maximum absolute atomic E-state index is 13.1. The number of nitrogens with one attached hydrogen (secondary N) is 1. The molecule has 0 saturated heterocycles. The van der Waals surface area contributed by atoms with Crippen molar-refractivity contribution < 1.29 is 17.6 Å². The molecule has 26 heavy (non-hydrogen) atoms. The Balaban J connectivity index is 2.26. The summed E-state index contributed by atoms with van der Waals surface area (Å²) in [7, 11) is -0.888. The Morgan fingerprint density at radius 2 is 2.04 bits per heavy atom. The summed E-state index contributed by atoms with van der Waals surface area (Å²) in [6, 6.07) is 4.39. The van der Waals surface area contributed by atoms with E-state index in [2.05, 4.69) is 10.4 Å². The van der Waals surface area contributed by atoms with Crippen LogP contribution in [0.4, 0.5) is 10.1 Å². The van der Waals surface area contributed by atoms with Crippen LogP contribution in [0, 0.1) is 12.7 Å². The highest BCUT2D eigenvalue weighted by molar-refractivity contribution is 7.89. The molecule has 2 aromatic rings. The predicted octanol–water partition coefficient (Wildman–Crippen LogP) is 1.23. The maximum Gasteiger partial charge on any atom is 0.289 e. The number of aromatic nitrogens is 2. The number of aryl methyl sites for hydroxylation is 1. The Hall–Kier alpha value is -2.30. The van der Waals surface area contributed by atoms with Crippen molar-refractivity contribution in [2.75, 3.05) is 19.4 Å². The first kappa shape index (κ1) is 20.0. The van der Waals surface area contributed by atoms with Crippen LogP contribution < -0.4 is 10.9 Å². The van der Waals surface area contributed by atoms with E-state index in [4.69, 9.17) is 11.6 Å². The Labute approximate surface area is 154 Å². The molecule has 0 bridgehead atoms. The summed E-state index contributed by atoms with van der Waals surface area (Å²) in [5, 5.41) is 5.30. The fourth-order valence-corrected chi connectivity index (χ4v) is 3.34. The van der Waals surface area contributed by atoms with Crippen molar-refractivity contribution in [2.45, 2.75) is 18.4 Å². The van der Waals surface area contributed by atoms with E-state index in [0.29, 0.717) is 10.2 Å². The van der Waals surface area contributed by atoms with Crippen molar-refractivity contribution in [3.8, 4) is 0 Å². The number of amides is 1. The van der Waals surface area contributed by atoms with Gasteiger partial charge in [-0.2, -0.15) is 5.10 Å². The molecule has 1 heterocycles. The lowest BCUT2D eigenvalue weighted by Crippen LogP contribution is -2.30. The molecule has 0 aliphatic rings. The van der Waals surface area contributed by atoms with Gasteiger partial charge >= 0.3 is 0 Å². The second kappa shape index (κ2) is 7.52. The van der Waals surface area contributed by atoms with Crippen molar-refractivity contribution in [1.82, 2.24) is 14.1 Å². The normalized spacial score (nSPS) is 11.6. The quantitative estimate of drug-likeness (QED) is 0.810. The summed E-state index contributed by atoms with van der Waals surface area (Å²) in [5.74, 6) is -1.63. The summed E-state index contributed by atoms with van der Waals surface area (Å²) < 4.78 is 39.5. The highest BCUT2D eigenvalue weighted by atomic mass is 35.5. The number of carbonyl (C=O) groups is 1. The van der Waals surface area contributed by atoms with Gasteiger partial charge in [0, 0.05) is 19.8 Å². The van der Waals surface area contributed by atoms with Crippen molar-refractivity contribution in [2.24, 2.45) is 0 Å². The van der Waals surface area contributed by atoms with Gasteiger partial charge in [0.25, 0.3) is 5.56 Å². The minimum absolute atomic E-state index is 0.0421. The lowest BCUT2D eigenvalue weighted by atomic mass is 10.2. The third-order valence-electron chi connectivity index (χ3n) is 3.47. The molecule has 0 unspecified atom stereocenters. The van der Waals surface area contributed by atoms with Crippen LogP contribution in [-0.4, -0.2) is 42.5 Å². The fraction of sp³-hybridized carbons (Fsp3) is 0.267. The summed E-state index contributed by atoms with van der Waals surface area (Å²) in [5.41, 5.74) is -0.205. The molecule has 1 amide bonds. The van der Waals surface area contributed by atoms with Crippen LogP contribution in [0.25, 0.3) is 0 Å². The van der Waals surface area contributed by atoms with Gasteiger partial charge < -0.3 is 5.32 Å². The van der Waals surface area contributed by atoms with Gasteiger partial charge in [0.05, 0.1) is 11.1 Å². The van der Waals surface area contributed by atoms with Gasteiger partial charge in [-0.1, -0.05) is 17.7 Å². The second-order valence-electron chi connectivity index (χ2n) is 5.59. The number of hydrogen-bond donors (Lipinski definition) is 1. The molecular formula is C15H16ClFN4O4S. The summed E-state index contributed by atoms with van der Waals surface area (Å²) >= 11 is 5.49. The molecule has 140 valence electrons. The number of carbonyl (C=O) groups excluding carboxylic acids is 1. The lowest BCUT2D eigenvalue weighted by molar-refractivity contribution is -0.117. The molecule has 0 radical (unpaired) electrons. The van der Waals surface area contributed by atoms with E-state index in [0.717, 1.165) is 10.5 Å². The Bertz CT molecular complexity index is 1020. The number of sulfonamides is 1. The average molecular weight is 403 g/mol. The number of hydrogen-bond acceptors (Lipinski definition) is 5. The van der Waals surface area contributed by atoms with E-state index in [1.54, 1.807) is 13.0 Å². The van der Waals surface area contributed by atoms with Crippen LogP contribution in [0.1, 0.15) is 5.56 Å². The summed E-state index contributed by atoms with van der Waals surface area (Å²) in [4.78, 5) is 23.9. The number of benzene rings is 1. The third kappa shape index (κ3) is 4.09. The summed E-state index contributed by atoms with van der Waals surface area (Å²) in [6.45, 7) is 1.12. The van der Waals surface area contributed by atoms with E-state index in [1.165, 1.54) is 26.2 Å². The molecule has 11 heteroatoms. The smallest absolute Gasteiger partial charge is 0.289 e. The maximum atomic E-state index is 13.1. The van der Waals surface area contributed by atoms with Gasteiger partial charge in [0.15, 0.2) is 5.82 Å². The first-order valence-electron chi connectivity index (χ1n) is 7.28. The van der Waals surface area contributed by atoms with Crippen molar-refractivity contribution in [3.63, 3.8) is 0 Å². The molecule has 0 aliphatic carbocycles. The largest absolute Gasteiger partial charge is 0.324 e. The van der Waals surface area contributed by atoms with Gasteiger partial charge in [-0.15, -0.1) is 0 Å². The first-order chi connectivity index (χ1) is 12.0. The standard InChI is InChI=1S/C15H16ClFN4O4S/c1-9-4-5-10(6-12(9)26(24,25)20(2)3)19-13(22)8-21-15(23)14(16)11(17)7-18-21/h4-7H,8H2,1-3H3,(H,19,22). The van der Waals surface area contributed by atoms with Crippen LogP contribution in [0.3, 0.4) is 0 Å². The monoisotopic (exact) mass is 402 g/mol. The fourth-order valence-electron chi connectivity index (χ4n) is 2.05. The van der Waals surface area contributed by atoms with Crippen LogP contribution >= 0.6 is 11.6 Å². The van der Waals surface area contributed by atoms with E-state index >= 15 is 0 Å². The van der Waals surface area contributed by atoms with E-state index in [1.807, 2.05) is 0 Å². The van der Waals surface area contributed by atoms with Crippen molar-refractivity contribution in [1.29, 1.82) is 0 Å². The molecule has 8 nitrogen and oxygen atoms in total. The average Bonchev–Trinajstić information content (AvgIpc) is 2.57. The molecule has 1 aromatic heterocycles. The zero-order valence-corrected chi connectivity index (χ0v) is 15.7. The molecule has 0 spiro atoms. The number of halogens is 2. The van der Waals surface area contributed by atoms with E-state index < -0.39 is 38.9 Å². The molecule has 2 rings (SSSR count). The zero-order chi connectivity index (χ0) is 19.6. The van der Waals surface area contributed by atoms with Crippen LogP contribution in [0.2, 0.25) is 5.02 Å². The lowest BCUT2D eigenvalue weighted by Gasteiger charge is -2.15. The Morgan fingerprint density at radius 1 is 1.38 bits per heavy atom. The Morgan fingerprint density at radius 3 is 2.65 bits per heavy atom. The van der Waals surface area contributed by atoms with Gasteiger partial charge in [-0.3, -0.25) is 9.59 Å². The van der Waals surface area contributed by atoms with Gasteiger partial charge in [0.1, 0.15) is 11.6 Å². The van der Waals surface area contributed by atoms with Crippen molar-refractivity contribution >= 4 is 33.2 Å². The zero-order valence-electron chi connectivity index (χ0n) is 14.2. The van der Waals surface area contributed by atoms with Gasteiger partial charge in [0.2, 0.25) is 15.9 Å².